The number of hydrogen-bond acceptors (Lipinski definition) is 4. The predicted molar refractivity (Wildman–Crippen MR) is 125 cm³/mol. The Morgan fingerprint density at radius 1 is 1.13 bits per heavy atom. The average molecular weight is 438 g/mol. The number of carbonyl (C=O) groups excluding carboxylic acids is 1. The quantitative estimate of drug-likeness (QED) is 0.358. The number of H-pyrrole nitrogens is 1. The van der Waals surface area contributed by atoms with Gasteiger partial charge in [0.05, 0.1) is 11.0 Å². The molecule has 4 rings (SSSR count). The summed E-state index contributed by atoms with van der Waals surface area (Å²) in [5, 5.41) is 3.70. The first-order valence-electron chi connectivity index (χ1n) is 10.6. The Kier molecular flexibility index (Phi) is 6.66. The van der Waals surface area contributed by atoms with Gasteiger partial charge in [0.1, 0.15) is 18.2 Å². The molecular formula is C23H27N5O2S. The number of benzene rings is 2. The number of ether oxygens (including phenoxy) is 1. The molecular weight excluding hydrogens is 410 g/mol. The van der Waals surface area contributed by atoms with Crippen LogP contribution in [0.4, 0.5) is 0 Å². The zero-order valence-electron chi connectivity index (χ0n) is 17.5. The summed E-state index contributed by atoms with van der Waals surface area (Å²) in [6.07, 6.45) is 5.96. The van der Waals surface area contributed by atoms with Crippen LogP contribution in [-0.2, 0) is 6.61 Å². The highest BCUT2D eigenvalue weighted by Crippen LogP contribution is 2.18. The Labute approximate surface area is 186 Å². The van der Waals surface area contributed by atoms with E-state index in [1.165, 1.54) is 24.8 Å². The van der Waals surface area contributed by atoms with E-state index in [0.717, 1.165) is 29.7 Å². The molecule has 1 heterocycles. The Morgan fingerprint density at radius 2 is 1.90 bits per heavy atom. The monoisotopic (exact) mass is 437 g/mol. The third-order valence-electron chi connectivity index (χ3n) is 5.41. The van der Waals surface area contributed by atoms with E-state index in [-0.39, 0.29) is 5.91 Å². The van der Waals surface area contributed by atoms with Gasteiger partial charge in [0.15, 0.2) is 5.11 Å². The van der Waals surface area contributed by atoms with E-state index < -0.39 is 0 Å². The van der Waals surface area contributed by atoms with Crippen LogP contribution >= 0.6 is 12.2 Å². The van der Waals surface area contributed by atoms with E-state index in [9.17, 15) is 4.79 Å². The van der Waals surface area contributed by atoms with E-state index in [2.05, 4.69) is 32.2 Å². The summed E-state index contributed by atoms with van der Waals surface area (Å²) < 4.78 is 5.80. The van der Waals surface area contributed by atoms with Gasteiger partial charge in [0.25, 0.3) is 5.91 Å². The molecule has 1 aliphatic carbocycles. The lowest BCUT2D eigenvalue weighted by Crippen LogP contribution is -2.50. The van der Waals surface area contributed by atoms with Gasteiger partial charge in [-0.3, -0.25) is 15.6 Å². The molecule has 2 aromatic carbocycles. The molecule has 1 fully saturated rings. The minimum Gasteiger partial charge on any atom is -0.486 e. The molecule has 0 atom stereocenters. The highest BCUT2D eigenvalue weighted by Gasteiger charge is 2.14. The maximum Gasteiger partial charge on any atom is 0.269 e. The Balaban J connectivity index is 1.25. The molecule has 1 saturated carbocycles. The average Bonchev–Trinajstić information content (AvgIpc) is 3.19. The van der Waals surface area contributed by atoms with Crippen LogP contribution in [0.5, 0.6) is 5.75 Å². The molecule has 4 N–H and O–H groups in total. The number of imidazole rings is 1. The van der Waals surface area contributed by atoms with Crippen molar-refractivity contribution in [2.45, 2.75) is 51.7 Å². The summed E-state index contributed by atoms with van der Waals surface area (Å²) in [5.41, 5.74) is 9.02. The van der Waals surface area contributed by atoms with Crippen LogP contribution in [0.1, 0.15) is 53.8 Å². The SMILES string of the molecule is Cc1ccc2nc(COc3ccc(C(=O)NNC(=S)NC4CCCCC4)cc3)[nH]c2c1. The topological polar surface area (TPSA) is 91.1 Å². The van der Waals surface area contributed by atoms with Crippen LogP contribution in [0, 0.1) is 6.92 Å². The molecule has 0 bridgehead atoms. The number of aromatic nitrogens is 2. The lowest BCUT2D eigenvalue weighted by molar-refractivity contribution is 0.0943. The molecule has 1 aromatic heterocycles. The first-order chi connectivity index (χ1) is 15.1. The number of amides is 1. The molecule has 0 saturated heterocycles. The van der Waals surface area contributed by atoms with Crippen LogP contribution in [-0.4, -0.2) is 27.0 Å². The number of nitrogens with zero attached hydrogens (tertiary/aromatic N) is 1. The number of aryl methyl sites for hydroxylation is 1. The second kappa shape index (κ2) is 9.78. The maximum absolute atomic E-state index is 12.3. The standard InChI is InChI=1S/C23H27N5O2S/c1-15-7-12-19-20(13-15)26-21(25-19)14-30-18-10-8-16(9-11-18)22(29)27-28-23(31)24-17-5-3-2-4-6-17/h7-13,17H,2-6,14H2,1H3,(H,25,26)(H,27,29)(H2,24,28,31). The fraction of sp³-hybridized carbons (Fsp3) is 0.348. The molecule has 3 aromatic rings. The van der Waals surface area contributed by atoms with Gasteiger partial charge in [-0.2, -0.15) is 0 Å². The van der Waals surface area contributed by atoms with Crippen molar-refractivity contribution in [2.75, 3.05) is 0 Å². The molecule has 0 aliphatic heterocycles. The van der Waals surface area contributed by atoms with Crippen molar-refractivity contribution in [3.05, 3.63) is 59.4 Å². The zero-order chi connectivity index (χ0) is 21.6. The van der Waals surface area contributed by atoms with Crippen molar-refractivity contribution in [2.24, 2.45) is 0 Å². The number of carbonyl (C=O) groups is 1. The molecule has 0 radical (unpaired) electrons. The van der Waals surface area contributed by atoms with Gasteiger partial charge in [0, 0.05) is 11.6 Å². The van der Waals surface area contributed by atoms with E-state index >= 15 is 0 Å². The Hall–Kier alpha value is -3.13. The smallest absolute Gasteiger partial charge is 0.269 e. The van der Waals surface area contributed by atoms with Gasteiger partial charge in [-0.1, -0.05) is 25.3 Å². The van der Waals surface area contributed by atoms with E-state index in [4.69, 9.17) is 17.0 Å². The number of aromatic amines is 1. The van der Waals surface area contributed by atoms with Crippen LogP contribution in [0.2, 0.25) is 0 Å². The Morgan fingerprint density at radius 3 is 2.68 bits per heavy atom. The van der Waals surface area contributed by atoms with E-state index in [1.807, 2.05) is 19.1 Å². The van der Waals surface area contributed by atoms with E-state index in [0.29, 0.717) is 29.1 Å². The first-order valence-corrected chi connectivity index (χ1v) is 11.0. The molecule has 8 heteroatoms. The van der Waals surface area contributed by atoms with Crippen molar-refractivity contribution in [3.63, 3.8) is 0 Å². The normalized spacial score (nSPS) is 14.2. The van der Waals surface area contributed by atoms with Crippen molar-refractivity contribution < 1.29 is 9.53 Å². The molecule has 1 aliphatic rings. The molecule has 0 spiro atoms. The number of fused-ring (bicyclic) bond motifs is 1. The van der Waals surface area contributed by atoms with E-state index in [1.54, 1.807) is 24.3 Å². The number of hydrazine groups is 1. The lowest BCUT2D eigenvalue weighted by atomic mass is 9.96. The summed E-state index contributed by atoms with van der Waals surface area (Å²) in [6, 6.07) is 13.4. The molecule has 31 heavy (non-hydrogen) atoms. The van der Waals surface area contributed by atoms with Crippen molar-refractivity contribution in [1.82, 2.24) is 26.1 Å². The summed E-state index contributed by atoms with van der Waals surface area (Å²) >= 11 is 5.27. The second-order valence-corrected chi connectivity index (χ2v) is 8.31. The van der Waals surface area contributed by atoms with Crippen molar-refractivity contribution in [1.29, 1.82) is 0 Å². The van der Waals surface area contributed by atoms with Crippen LogP contribution in [0.3, 0.4) is 0 Å². The minimum absolute atomic E-state index is 0.257. The Bertz CT molecular complexity index is 1060. The van der Waals surface area contributed by atoms with Crippen molar-refractivity contribution in [3.8, 4) is 5.75 Å². The number of rotatable bonds is 5. The molecule has 162 valence electrons. The summed E-state index contributed by atoms with van der Waals surface area (Å²) in [6.45, 7) is 2.37. The number of thiocarbonyl (C=S) groups is 1. The molecule has 1 amide bonds. The van der Waals surface area contributed by atoms with Crippen molar-refractivity contribution >= 4 is 34.3 Å². The highest BCUT2D eigenvalue weighted by atomic mass is 32.1. The van der Waals surface area contributed by atoms with Gasteiger partial charge in [0.2, 0.25) is 0 Å². The lowest BCUT2D eigenvalue weighted by Gasteiger charge is -2.24. The van der Waals surface area contributed by atoms with Crippen LogP contribution < -0.4 is 20.9 Å². The second-order valence-electron chi connectivity index (χ2n) is 7.90. The summed E-state index contributed by atoms with van der Waals surface area (Å²) in [5.74, 6) is 1.16. The van der Waals surface area contributed by atoms with Gasteiger partial charge in [-0.05, 0) is 73.9 Å². The third-order valence-corrected chi connectivity index (χ3v) is 5.63. The summed E-state index contributed by atoms with van der Waals surface area (Å²) in [7, 11) is 0. The minimum atomic E-state index is -0.257. The first kappa shape index (κ1) is 21.1. The number of hydrogen-bond donors (Lipinski definition) is 4. The maximum atomic E-state index is 12.3. The van der Waals surface area contributed by atoms with Gasteiger partial charge < -0.3 is 15.0 Å². The number of nitrogens with one attached hydrogen (secondary N) is 4. The zero-order valence-corrected chi connectivity index (χ0v) is 18.3. The van der Waals surface area contributed by atoms with Gasteiger partial charge in [-0.15, -0.1) is 0 Å². The fourth-order valence-corrected chi connectivity index (χ4v) is 3.97. The molecule has 0 unspecified atom stereocenters. The van der Waals surface area contributed by atoms with Gasteiger partial charge in [-0.25, -0.2) is 4.98 Å². The van der Waals surface area contributed by atoms with Crippen LogP contribution in [0.15, 0.2) is 42.5 Å². The predicted octanol–water partition coefficient (Wildman–Crippen LogP) is 3.89. The van der Waals surface area contributed by atoms with Crippen LogP contribution in [0.25, 0.3) is 11.0 Å². The highest BCUT2D eigenvalue weighted by molar-refractivity contribution is 7.80. The van der Waals surface area contributed by atoms with Gasteiger partial charge >= 0.3 is 0 Å². The fourth-order valence-electron chi connectivity index (χ4n) is 3.75. The summed E-state index contributed by atoms with van der Waals surface area (Å²) in [4.78, 5) is 20.1. The third kappa shape index (κ3) is 5.73. The molecule has 7 nitrogen and oxygen atoms in total. The largest absolute Gasteiger partial charge is 0.486 e.